The Morgan fingerprint density at radius 2 is 1.33 bits per heavy atom. The van der Waals surface area contributed by atoms with Crippen LogP contribution in [0.4, 0.5) is 0 Å². The lowest BCUT2D eigenvalue weighted by atomic mass is 9.73. The minimum absolute atomic E-state index is 0.236. The largest absolute Gasteiger partial charge is 0.431 e. The maximum atomic E-state index is 12.6. The highest BCUT2D eigenvalue weighted by molar-refractivity contribution is 5.91. The molecule has 2 aromatic rings. The summed E-state index contributed by atoms with van der Waals surface area (Å²) in [6, 6.07) is 16.1. The quantitative estimate of drug-likeness (QED) is 0.775. The van der Waals surface area contributed by atoms with Crippen LogP contribution in [0.15, 0.2) is 60.9 Å². The fraction of sp³-hybridized carbons (Fsp3) is 0.211. The third-order valence-electron chi connectivity index (χ3n) is 4.14. The maximum Gasteiger partial charge on any atom is 0.326 e. The summed E-state index contributed by atoms with van der Waals surface area (Å²) in [5, 5.41) is 0. The highest BCUT2D eigenvalue weighted by atomic mass is 16.5. The second-order valence-electron chi connectivity index (χ2n) is 5.74. The first-order chi connectivity index (χ1) is 10.0. The third kappa shape index (κ3) is 2.17. The van der Waals surface area contributed by atoms with E-state index in [2.05, 4.69) is 6.58 Å². The Labute approximate surface area is 125 Å². The van der Waals surface area contributed by atoms with Crippen LogP contribution in [0, 0.1) is 13.8 Å². The van der Waals surface area contributed by atoms with Crippen LogP contribution in [-0.4, -0.2) is 5.97 Å². The smallest absolute Gasteiger partial charge is 0.326 e. The molecule has 0 amide bonds. The summed E-state index contributed by atoms with van der Waals surface area (Å²) in [7, 11) is 0. The van der Waals surface area contributed by atoms with Crippen molar-refractivity contribution in [1.29, 1.82) is 0 Å². The van der Waals surface area contributed by atoms with Crippen molar-refractivity contribution in [1.82, 2.24) is 0 Å². The van der Waals surface area contributed by atoms with Gasteiger partial charge in [0.05, 0.1) is 0 Å². The average Bonchev–Trinajstić information content (AvgIpc) is 2.76. The number of esters is 1. The summed E-state index contributed by atoms with van der Waals surface area (Å²) in [6.45, 7) is 7.91. The molecule has 106 valence electrons. The van der Waals surface area contributed by atoms with Crippen LogP contribution in [0.1, 0.15) is 28.7 Å². The van der Waals surface area contributed by atoms with Crippen molar-refractivity contribution < 1.29 is 9.53 Å². The van der Waals surface area contributed by atoms with Gasteiger partial charge in [-0.3, -0.25) is 4.79 Å². The van der Waals surface area contributed by atoms with E-state index < -0.39 is 5.41 Å². The molecule has 0 spiro atoms. The molecule has 0 N–H and O–H groups in total. The maximum absolute atomic E-state index is 12.6. The van der Waals surface area contributed by atoms with E-state index >= 15 is 0 Å². The summed E-state index contributed by atoms with van der Waals surface area (Å²) in [6.07, 6.45) is 0.498. The highest BCUT2D eigenvalue weighted by Gasteiger charge is 2.49. The van der Waals surface area contributed by atoms with Gasteiger partial charge in [0.15, 0.2) is 0 Å². The van der Waals surface area contributed by atoms with Gasteiger partial charge < -0.3 is 4.74 Å². The first kappa shape index (κ1) is 13.6. The lowest BCUT2D eigenvalue weighted by Gasteiger charge is -2.26. The van der Waals surface area contributed by atoms with Crippen LogP contribution >= 0.6 is 0 Å². The van der Waals surface area contributed by atoms with Gasteiger partial charge in [0.2, 0.25) is 0 Å². The molecule has 2 nitrogen and oxygen atoms in total. The standard InChI is InChI=1S/C19H18O2/c1-13-4-8-16(9-5-13)19(12-15(3)21-18(19)20)17-10-6-14(2)7-11-17/h4-11H,3,12H2,1-2H3. The number of aryl methyl sites for hydroxylation is 2. The van der Waals surface area contributed by atoms with Crippen LogP contribution in [-0.2, 0) is 14.9 Å². The van der Waals surface area contributed by atoms with Gasteiger partial charge in [-0.1, -0.05) is 66.2 Å². The van der Waals surface area contributed by atoms with Gasteiger partial charge in [-0.05, 0) is 25.0 Å². The SMILES string of the molecule is C=C1CC(c2ccc(C)cc2)(c2ccc(C)cc2)C(=O)O1. The minimum atomic E-state index is -0.765. The Morgan fingerprint density at radius 3 is 1.67 bits per heavy atom. The molecule has 1 fully saturated rings. The zero-order valence-corrected chi connectivity index (χ0v) is 12.3. The van der Waals surface area contributed by atoms with Crippen molar-refractivity contribution in [3.63, 3.8) is 0 Å². The first-order valence-corrected chi connectivity index (χ1v) is 7.07. The predicted molar refractivity (Wildman–Crippen MR) is 83.0 cm³/mol. The number of carbonyl (C=O) groups excluding carboxylic acids is 1. The normalized spacial score (nSPS) is 16.9. The molecule has 21 heavy (non-hydrogen) atoms. The second-order valence-corrected chi connectivity index (χ2v) is 5.74. The Morgan fingerprint density at radius 1 is 0.905 bits per heavy atom. The lowest BCUT2D eigenvalue weighted by molar-refractivity contribution is -0.139. The Balaban J connectivity index is 2.20. The predicted octanol–water partition coefficient (Wildman–Crippen LogP) is 4.05. The van der Waals surface area contributed by atoms with Crippen LogP contribution in [0.5, 0.6) is 0 Å². The summed E-state index contributed by atoms with van der Waals surface area (Å²) in [5.74, 6) is 0.293. The number of cyclic esters (lactones) is 1. The van der Waals surface area contributed by atoms with Gasteiger partial charge >= 0.3 is 5.97 Å². The molecule has 0 radical (unpaired) electrons. The number of hydrogen-bond donors (Lipinski definition) is 0. The van der Waals surface area contributed by atoms with Crippen molar-refractivity contribution in [2.24, 2.45) is 0 Å². The van der Waals surface area contributed by atoms with Crippen molar-refractivity contribution >= 4 is 5.97 Å². The van der Waals surface area contributed by atoms with Gasteiger partial charge in [-0.15, -0.1) is 0 Å². The fourth-order valence-electron chi connectivity index (χ4n) is 2.90. The fourth-order valence-corrected chi connectivity index (χ4v) is 2.90. The van der Waals surface area contributed by atoms with E-state index in [0.29, 0.717) is 12.2 Å². The zero-order valence-electron chi connectivity index (χ0n) is 12.3. The molecule has 0 bridgehead atoms. The molecular formula is C19H18O2. The molecule has 0 aliphatic carbocycles. The second kappa shape index (κ2) is 4.88. The number of benzene rings is 2. The van der Waals surface area contributed by atoms with Crippen molar-refractivity contribution in [3.8, 4) is 0 Å². The van der Waals surface area contributed by atoms with E-state index in [0.717, 1.165) is 11.1 Å². The van der Waals surface area contributed by atoms with Crippen molar-refractivity contribution in [2.45, 2.75) is 25.7 Å². The zero-order chi connectivity index (χ0) is 15.0. The molecule has 0 saturated carbocycles. The van der Waals surface area contributed by atoms with E-state index in [9.17, 15) is 4.79 Å². The Bertz CT molecular complexity index is 648. The molecule has 1 heterocycles. The Kier molecular flexibility index (Phi) is 3.17. The molecule has 3 rings (SSSR count). The topological polar surface area (TPSA) is 26.3 Å². The monoisotopic (exact) mass is 278 g/mol. The molecule has 1 aliphatic rings. The highest BCUT2D eigenvalue weighted by Crippen LogP contribution is 2.44. The van der Waals surface area contributed by atoms with E-state index in [1.165, 1.54) is 11.1 Å². The average molecular weight is 278 g/mol. The van der Waals surface area contributed by atoms with Crippen molar-refractivity contribution in [3.05, 3.63) is 83.1 Å². The van der Waals surface area contributed by atoms with Crippen LogP contribution in [0.2, 0.25) is 0 Å². The number of hydrogen-bond acceptors (Lipinski definition) is 2. The van der Waals surface area contributed by atoms with Gasteiger partial charge in [0.25, 0.3) is 0 Å². The van der Waals surface area contributed by atoms with Gasteiger partial charge in [0, 0.05) is 6.42 Å². The van der Waals surface area contributed by atoms with Crippen LogP contribution in [0.3, 0.4) is 0 Å². The molecule has 2 heteroatoms. The summed E-state index contributed by atoms with van der Waals surface area (Å²) >= 11 is 0. The number of ether oxygens (including phenoxy) is 1. The number of allylic oxidation sites excluding steroid dienone is 1. The third-order valence-corrected chi connectivity index (χ3v) is 4.14. The van der Waals surface area contributed by atoms with Gasteiger partial charge in [-0.25, -0.2) is 0 Å². The van der Waals surface area contributed by atoms with E-state index in [4.69, 9.17) is 4.74 Å². The van der Waals surface area contributed by atoms with E-state index in [1.807, 2.05) is 62.4 Å². The molecular weight excluding hydrogens is 260 g/mol. The van der Waals surface area contributed by atoms with Crippen LogP contribution < -0.4 is 0 Å². The molecule has 0 atom stereocenters. The van der Waals surface area contributed by atoms with E-state index in [-0.39, 0.29) is 5.97 Å². The van der Waals surface area contributed by atoms with Gasteiger partial charge in [0.1, 0.15) is 11.2 Å². The number of carbonyl (C=O) groups is 1. The van der Waals surface area contributed by atoms with Gasteiger partial charge in [-0.2, -0.15) is 0 Å². The molecule has 2 aromatic carbocycles. The number of rotatable bonds is 2. The lowest BCUT2D eigenvalue weighted by Crippen LogP contribution is -2.32. The van der Waals surface area contributed by atoms with E-state index in [1.54, 1.807) is 0 Å². The molecule has 1 saturated heterocycles. The molecule has 0 aromatic heterocycles. The minimum Gasteiger partial charge on any atom is -0.431 e. The molecule has 1 aliphatic heterocycles. The summed E-state index contributed by atoms with van der Waals surface area (Å²) < 4.78 is 5.31. The van der Waals surface area contributed by atoms with Crippen LogP contribution in [0.25, 0.3) is 0 Å². The summed E-state index contributed by atoms with van der Waals surface area (Å²) in [5.41, 5.74) is 3.49. The Hall–Kier alpha value is -2.35. The first-order valence-electron chi connectivity index (χ1n) is 7.07. The van der Waals surface area contributed by atoms with Crippen molar-refractivity contribution in [2.75, 3.05) is 0 Å². The summed E-state index contributed by atoms with van der Waals surface area (Å²) in [4.78, 5) is 12.6. The molecule has 0 unspecified atom stereocenters.